The second kappa shape index (κ2) is 7.13. The van der Waals surface area contributed by atoms with Gasteiger partial charge >= 0.3 is 0 Å². The van der Waals surface area contributed by atoms with Gasteiger partial charge in [-0.15, -0.1) is 0 Å². The predicted octanol–water partition coefficient (Wildman–Crippen LogP) is 3.44. The van der Waals surface area contributed by atoms with Crippen LogP contribution in [0, 0.1) is 17.3 Å². The lowest BCUT2D eigenvalue weighted by Gasteiger charge is -2.42. The van der Waals surface area contributed by atoms with E-state index in [0.717, 1.165) is 45.2 Å². The van der Waals surface area contributed by atoms with Gasteiger partial charge in [0, 0.05) is 24.5 Å². The molecule has 1 saturated heterocycles. The average molecular weight is 294 g/mol. The molecule has 0 bridgehead atoms. The third-order valence-corrected chi connectivity index (χ3v) is 5.73. The van der Waals surface area contributed by atoms with Crippen LogP contribution in [0.5, 0.6) is 0 Å². The van der Waals surface area contributed by atoms with Gasteiger partial charge in [0.25, 0.3) is 0 Å². The van der Waals surface area contributed by atoms with Gasteiger partial charge in [0.15, 0.2) is 0 Å². The Kier molecular flexibility index (Phi) is 5.70. The first kappa shape index (κ1) is 16.8. The molecule has 0 radical (unpaired) electrons. The summed E-state index contributed by atoms with van der Waals surface area (Å²) in [6.45, 7) is 8.68. The van der Waals surface area contributed by atoms with E-state index in [2.05, 4.69) is 38.0 Å². The second-order valence-corrected chi connectivity index (χ2v) is 7.69. The molecule has 1 aliphatic carbocycles. The van der Waals surface area contributed by atoms with Crippen molar-refractivity contribution in [3.63, 3.8) is 0 Å². The molecule has 3 nitrogen and oxygen atoms in total. The van der Waals surface area contributed by atoms with Crippen LogP contribution in [-0.4, -0.2) is 37.0 Å². The molecular weight excluding hydrogens is 260 g/mol. The van der Waals surface area contributed by atoms with Crippen molar-refractivity contribution in [3.05, 3.63) is 0 Å². The van der Waals surface area contributed by atoms with Crippen molar-refractivity contribution >= 4 is 5.91 Å². The molecule has 1 N–H and O–H groups in total. The SMILES string of the molecule is CCC1CN(C(=O)C2(CC(C)C)CCCC2)CCC1NC. The van der Waals surface area contributed by atoms with Crippen molar-refractivity contribution in [2.24, 2.45) is 17.3 Å². The number of nitrogens with zero attached hydrogens (tertiary/aromatic N) is 1. The summed E-state index contributed by atoms with van der Waals surface area (Å²) in [5.41, 5.74) is -0.0288. The molecule has 1 heterocycles. The average Bonchev–Trinajstić information content (AvgIpc) is 2.94. The number of likely N-dealkylation sites (tertiary alicyclic amines) is 1. The first-order valence-corrected chi connectivity index (χ1v) is 8.99. The van der Waals surface area contributed by atoms with Crippen LogP contribution in [0.15, 0.2) is 0 Å². The Labute approximate surface area is 130 Å². The second-order valence-electron chi connectivity index (χ2n) is 7.69. The molecular formula is C18H34N2O. The van der Waals surface area contributed by atoms with Gasteiger partial charge in [-0.2, -0.15) is 0 Å². The molecule has 1 saturated carbocycles. The van der Waals surface area contributed by atoms with Gasteiger partial charge in [-0.05, 0) is 44.6 Å². The molecule has 0 aromatic heterocycles. The zero-order chi connectivity index (χ0) is 15.5. The lowest BCUT2D eigenvalue weighted by Crippen LogP contribution is -2.53. The number of piperidine rings is 1. The topological polar surface area (TPSA) is 32.3 Å². The first-order valence-electron chi connectivity index (χ1n) is 8.99. The Bertz CT molecular complexity index is 347. The number of hydrogen-bond donors (Lipinski definition) is 1. The number of carbonyl (C=O) groups excluding carboxylic acids is 1. The lowest BCUT2D eigenvalue weighted by molar-refractivity contribution is -0.145. The summed E-state index contributed by atoms with van der Waals surface area (Å²) >= 11 is 0. The molecule has 2 atom stereocenters. The third kappa shape index (κ3) is 3.61. The van der Waals surface area contributed by atoms with E-state index in [1.54, 1.807) is 0 Å². The number of nitrogens with one attached hydrogen (secondary N) is 1. The van der Waals surface area contributed by atoms with E-state index in [1.807, 2.05) is 0 Å². The third-order valence-electron chi connectivity index (χ3n) is 5.73. The Balaban J connectivity index is 2.07. The summed E-state index contributed by atoms with van der Waals surface area (Å²) in [6.07, 6.45) is 8.06. The molecule has 0 aromatic carbocycles. The van der Waals surface area contributed by atoms with Crippen LogP contribution < -0.4 is 5.32 Å². The Morgan fingerprint density at radius 3 is 2.52 bits per heavy atom. The molecule has 2 unspecified atom stereocenters. The van der Waals surface area contributed by atoms with Crippen LogP contribution >= 0.6 is 0 Å². The quantitative estimate of drug-likeness (QED) is 0.842. The molecule has 2 fully saturated rings. The van der Waals surface area contributed by atoms with Gasteiger partial charge in [-0.3, -0.25) is 4.79 Å². The van der Waals surface area contributed by atoms with E-state index in [-0.39, 0.29) is 5.41 Å². The summed E-state index contributed by atoms with van der Waals surface area (Å²) in [6, 6.07) is 0.587. The van der Waals surface area contributed by atoms with Crippen LogP contribution in [0.4, 0.5) is 0 Å². The first-order chi connectivity index (χ1) is 10.0. The van der Waals surface area contributed by atoms with Crippen LogP contribution in [-0.2, 0) is 4.79 Å². The summed E-state index contributed by atoms with van der Waals surface area (Å²) in [5.74, 6) is 1.70. The Morgan fingerprint density at radius 1 is 1.33 bits per heavy atom. The van der Waals surface area contributed by atoms with Crippen LogP contribution in [0.1, 0.15) is 65.7 Å². The van der Waals surface area contributed by atoms with Gasteiger partial charge in [0.1, 0.15) is 0 Å². The Morgan fingerprint density at radius 2 is 2.00 bits per heavy atom. The van der Waals surface area contributed by atoms with Crippen molar-refractivity contribution < 1.29 is 4.79 Å². The smallest absolute Gasteiger partial charge is 0.228 e. The highest BCUT2D eigenvalue weighted by Gasteiger charge is 2.45. The minimum Gasteiger partial charge on any atom is -0.342 e. The minimum absolute atomic E-state index is 0.0288. The van der Waals surface area contributed by atoms with Crippen LogP contribution in [0.2, 0.25) is 0 Å². The maximum absolute atomic E-state index is 13.2. The van der Waals surface area contributed by atoms with Crippen molar-refractivity contribution in [2.45, 2.75) is 71.8 Å². The lowest BCUT2D eigenvalue weighted by atomic mass is 9.76. The van der Waals surface area contributed by atoms with E-state index in [1.165, 1.54) is 12.8 Å². The maximum atomic E-state index is 13.2. The van der Waals surface area contributed by atoms with Gasteiger partial charge in [0.05, 0.1) is 0 Å². The van der Waals surface area contributed by atoms with Crippen molar-refractivity contribution in [1.29, 1.82) is 0 Å². The maximum Gasteiger partial charge on any atom is 0.228 e. The molecule has 2 aliphatic rings. The highest BCUT2D eigenvalue weighted by Crippen LogP contribution is 2.45. The molecule has 21 heavy (non-hydrogen) atoms. The van der Waals surface area contributed by atoms with Crippen molar-refractivity contribution in [2.75, 3.05) is 20.1 Å². The zero-order valence-corrected chi connectivity index (χ0v) is 14.5. The van der Waals surface area contributed by atoms with E-state index in [0.29, 0.717) is 23.8 Å². The molecule has 1 amide bonds. The number of rotatable bonds is 5. The largest absolute Gasteiger partial charge is 0.342 e. The van der Waals surface area contributed by atoms with Gasteiger partial charge in [0.2, 0.25) is 5.91 Å². The van der Waals surface area contributed by atoms with Crippen LogP contribution in [0.3, 0.4) is 0 Å². The zero-order valence-electron chi connectivity index (χ0n) is 14.5. The van der Waals surface area contributed by atoms with E-state index in [9.17, 15) is 4.79 Å². The van der Waals surface area contributed by atoms with Crippen molar-refractivity contribution in [3.8, 4) is 0 Å². The summed E-state index contributed by atoms with van der Waals surface area (Å²) in [4.78, 5) is 15.4. The van der Waals surface area contributed by atoms with E-state index < -0.39 is 0 Å². The number of carbonyl (C=O) groups is 1. The molecule has 2 rings (SSSR count). The van der Waals surface area contributed by atoms with Crippen LogP contribution in [0.25, 0.3) is 0 Å². The van der Waals surface area contributed by atoms with Gasteiger partial charge in [-0.1, -0.05) is 40.0 Å². The summed E-state index contributed by atoms with van der Waals surface area (Å²) in [7, 11) is 2.06. The minimum atomic E-state index is -0.0288. The fourth-order valence-electron chi connectivity index (χ4n) is 4.68. The molecule has 122 valence electrons. The fraction of sp³-hybridized carbons (Fsp3) is 0.944. The predicted molar refractivity (Wildman–Crippen MR) is 88.2 cm³/mol. The van der Waals surface area contributed by atoms with E-state index >= 15 is 0 Å². The molecule has 3 heteroatoms. The fourth-order valence-corrected chi connectivity index (χ4v) is 4.68. The molecule has 0 spiro atoms. The summed E-state index contributed by atoms with van der Waals surface area (Å²) in [5, 5.41) is 3.44. The highest BCUT2D eigenvalue weighted by atomic mass is 16.2. The molecule has 0 aromatic rings. The Hall–Kier alpha value is -0.570. The van der Waals surface area contributed by atoms with Gasteiger partial charge in [-0.25, -0.2) is 0 Å². The van der Waals surface area contributed by atoms with E-state index in [4.69, 9.17) is 0 Å². The summed E-state index contributed by atoms with van der Waals surface area (Å²) < 4.78 is 0. The highest BCUT2D eigenvalue weighted by molar-refractivity contribution is 5.83. The number of amides is 1. The normalized spacial score (nSPS) is 29.1. The standard InChI is InChI=1S/C18H34N2O/c1-5-15-13-20(11-8-16(15)19-4)17(21)18(12-14(2)3)9-6-7-10-18/h14-16,19H,5-13H2,1-4H3. The van der Waals surface area contributed by atoms with Gasteiger partial charge < -0.3 is 10.2 Å². The number of hydrogen-bond acceptors (Lipinski definition) is 2. The monoisotopic (exact) mass is 294 g/mol. The molecule has 1 aliphatic heterocycles. The van der Waals surface area contributed by atoms with Crippen molar-refractivity contribution in [1.82, 2.24) is 10.2 Å².